The van der Waals surface area contributed by atoms with Gasteiger partial charge in [0.05, 0.1) is 5.25 Å². The van der Waals surface area contributed by atoms with E-state index >= 15 is 0 Å². The number of rotatable bonds is 4. The molecule has 6 heteroatoms. The Labute approximate surface area is 101 Å². The van der Waals surface area contributed by atoms with E-state index in [-0.39, 0.29) is 11.3 Å². The zero-order valence-electron chi connectivity index (χ0n) is 8.16. The molecule has 0 aliphatic carbocycles. The predicted octanol–water partition coefficient (Wildman–Crippen LogP) is 2.78. The highest BCUT2D eigenvalue weighted by molar-refractivity contribution is 8.01. The fourth-order valence-electron chi connectivity index (χ4n) is 1.20. The van der Waals surface area contributed by atoms with Gasteiger partial charge < -0.3 is 5.73 Å². The van der Waals surface area contributed by atoms with Gasteiger partial charge in [-0.2, -0.15) is 0 Å². The van der Waals surface area contributed by atoms with Crippen LogP contribution in [0.4, 0.5) is 0 Å². The summed E-state index contributed by atoms with van der Waals surface area (Å²) in [5.41, 5.74) is 7.73. The molecule has 0 saturated carbocycles. The third-order valence-corrected chi connectivity index (χ3v) is 5.25. The standard InChI is InChI=1S/C9H11N3S3/c1-6(10)8(7-3-2-4-13-7)15-9-12-11-5-14-9/h2-6,8H,10H2,1H3. The Morgan fingerprint density at radius 3 is 2.87 bits per heavy atom. The van der Waals surface area contributed by atoms with Gasteiger partial charge in [-0.25, -0.2) is 0 Å². The molecule has 80 valence electrons. The van der Waals surface area contributed by atoms with Crippen LogP contribution in [0.3, 0.4) is 0 Å². The number of nitrogens with two attached hydrogens (primary N) is 1. The Hall–Kier alpha value is -0.430. The molecule has 2 aromatic heterocycles. The Kier molecular flexibility index (Phi) is 3.74. The number of aromatic nitrogens is 2. The summed E-state index contributed by atoms with van der Waals surface area (Å²) in [6.45, 7) is 2.03. The lowest BCUT2D eigenvalue weighted by Gasteiger charge is -2.16. The van der Waals surface area contributed by atoms with E-state index < -0.39 is 0 Å². The molecule has 2 unspecified atom stereocenters. The molecule has 2 rings (SSSR count). The second-order valence-corrected chi connectivity index (χ2v) is 6.32. The van der Waals surface area contributed by atoms with E-state index in [0.717, 1.165) is 4.34 Å². The van der Waals surface area contributed by atoms with Gasteiger partial charge in [0, 0.05) is 10.9 Å². The van der Waals surface area contributed by atoms with Gasteiger partial charge in [-0.15, -0.1) is 21.5 Å². The molecule has 0 saturated heterocycles. The Morgan fingerprint density at radius 2 is 2.33 bits per heavy atom. The highest BCUT2D eigenvalue weighted by atomic mass is 32.2. The lowest BCUT2D eigenvalue weighted by Crippen LogP contribution is -2.21. The van der Waals surface area contributed by atoms with Crippen molar-refractivity contribution in [2.24, 2.45) is 5.73 Å². The van der Waals surface area contributed by atoms with E-state index in [1.807, 2.05) is 6.92 Å². The minimum Gasteiger partial charge on any atom is -0.327 e. The maximum absolute atomic E-state index is 5.99. The second kappa shape index (κ2) is 5.07. The van der Waals surface area contributed by atoms with Gasteiger partial charge in [-0.1, -0.05) is 29.2 Å². The molecule has 2 N–H and O–H groups in total. The van der Waals surface area contributed by atoms with Crippen LogP contribution in [0.5, 0.6) is 0 Å². The van der Waals surface area contributed by atoms with Crippen molar-refractivity contribution in [2.45, 2.75) is 22.6 Å². The molecule has 0 aromatic carbocycles. The second-order valence-electron chi connectivity index (χ2n) is 3.12. The first-order valence-corrected chi connectivity index (χ1v) is 7.13. The Bertz CT molecular complexity index is 383. The van der Waals surface area contributed by atoms with Crippen LogP contribution in [0, 0.1) is 0 Å². The van der Waals surface area contributed by atoms with E-state index in [2.05, 4.69) is 27.7 Å². The van der Waals surface area contributed by atoms with Crippen LogP contribution in [0.25, 0.3) is 0 Å². The van der Waals surface area contributed by atoms with Crippen molar-refractivity contribution >= 4 is 34.4 Å². The van der Waals surface area contributed by atoms with Crippen LogP contribution in [-0.2, 0) is 0 Å². The molecule has 2 atom stereocenters. The normalized spacial score (nSPS) is 15.1. The molecule has 2 aromatic rings. The molecule has 3 nitrogen and oxygen atoms in total. The van der Waals surface area contributed by atoms with Gasteiger partial charge >= 0.3 is 0 Å². The molecular weight excluding hydrogens is 246 g/mol. The quantitative estimate of drug-likeness (QED) is 0.856. The summed E-state index contributed by atoms with van der Waals surface area (Å²) in [7, 11) is 0. The lowest BCUT2D eigenvalue weighted by atomic mass is 10.2. The Morgan fingerprint density at radius 1 is 1.47 bits per heavy atom. The zero-order valence-corrected chi connectivity index (χ0v) is 10.6. The van der Waals surface area contributed by atoms with Crippen molar-refractivity contribution in [3.8, 4) is 0 Å². The first-order valence-electron chi connectivity index (χ1n) is 4.49. The molecule has 0 spiro atoms. The predicted molar refractivity (Wildman–Crippen MR) is 66.5 cm³/mol. The summed E-state index contributed by atoms with van der Waals surface area (Å²) in [5, 5.41) is 10.2. The van der Waals surface area contributed by atoms with Gasteiger partial charge in [-0.05, 0) is 18.4 Å². The van der Waals surface area contributed by atoms with Crippen LogP contribution in [0.1, 0.15) is 17.1 Å². The Balaban J connectivity index is 2.14. The monoisotopic (exact) mass is 257 g/mol. The van der Waals surface area contributed by atoms with Gasteiger partial charge in [0.2, 0.25) is 0 Å². The molecule has 2 heterocycles. The fraction of sp³-hybridized carbons (Fsp3) is 0.333. The van der Waals surface area contributed by atoms with Gasteiger partial charge in [0.15, 0.2) is 4.34 Å². The zero-order chi connectivity index (χ0) is 10.7. The van der Waals surface area contributed by atoms with Gasteiger partial charge in [-0.3, -0.25) is 0 Å². The smallest absolute Gasteiger partial charge is 0.174 e. The molecular formula is C9H11N3S3. The largest absolute Gasteiger partial charge is 0.327 e. The third kappa shape index (κ3) is 2.78. The van der Waals surface area contributed by atoms with E-state index in [4.69, 9.17) is 5.73 Å². The van der Waals surface area contributed by atoms with Gasteiger partial charge in [0.25, 0.3) is 0 Å². The van der Waals surface area contributed by atoms with Crippen molar-refractivity contribution in [3.05, 3.63) is 27.9 Å². The maximum Gasteiger partial charge on any atom is 0.174 e. The summed E-state index contributed by atoms with van der Waals surface area (Å²) in [5.74, 6) is 0. The maximum atomic E-state index is 5.99. The first-order chi connectivity index (χ1) is 7.27. The van der Waals surface area contributed by atoms with Crippen LogP contribution in [0.2, 0.25) is 0 Å². The molecule has 15 heavy (non-hydrogen) atoms. The summed E-state index contributed by atoms with van der Waals surface area (Å²) in [4.78, 5) is 1.30. The van der Waals surface area contributed by atoms with E-state index in [0.29, 0.717) is 0 Å². The SMILES string of the molecule is CC(N)C(Sc1nncs1)c1cccs1. The molecule has 0 aliphatic rings. The van der Waals surface area contributed by atoms with Crippen molar-refractivity contribution in [3.63, 3.8) is 0 Å². The molecule has 0 fully saturated rings. The molecule has 0 amide bonds. The van der Waals surface area contributed by atoms with Crippen LogP contribution >= 0.6 is 34.4 Å². The summed E-state index contributed by atoms with van der Waals surface area (Å²) in [6, 6.07) is 4.28. The highest BCUT2D eigenvalue weighted by Crippen LogP contribution is 2.39. The topological polar surface area (TPSA) is 51.8 Å². The van der Waals surface area contributed by atoms with Crippen LogP contribution < -0.4 is 5.73 Å². The first kappa shape index (κ1) is 11.1. The van der Waals surface area contributed by atoms with Crippen LogP contribution in [0.15, 0.2) is 27.4 Å². The minimum atomic E-state index is 0.109. The van der Waals surface area contributed by atoms with Crippen LogP contribution in [-0.4, -0.2) is 16.2 Å². The molecule has 0 aliphatic heterocycles. The van der Waals surface area contributed by atoms with Crippen molar-refractivity contribution in [1.29, 1.82) is 0 Å². The lowest BCUT2D eigenvalue weighted by molar-refractivity contribution is 0.729. The average Bonchev–Trinajstić information content (AvgIpc) is 2.87. The van der Waals surface area contributed by atoms with Crippen molar-refractivity contribution in [2.75, 3.05) is 0 Å². The molecule has 0 bridgehead atoms. The average molecular weight is 257 g/mol. The fourth-order valence-corrected chi connectivity index (χ4v) is 3.99. The number of nitrogens with zero attached hydrogens (tertiary/aromatic N) is 2. The van der Waals surface area contributed by atoms with E-state index in [9.17, 15) is 0 Å². The summed E-state index contributed by atoms with van der Waals surface area (Å²) in [6.07, 6.45) is 0. The van der Waals surface area contributed by atoms with Gasteiger partial charge in [0.1, 0.15) is 5.51 Å². The summed E-state index contributed by atoms with van der Waals surface area (Å²) >= 11 is 4.98. The van der Waals surface area contributed by atoms with E-state index in [1.54, 1.807) is 39.9 Å². The third-order valence-electron chi connectivity index (χ3n) is 1.87. The number of thiophene rings is 1. The van der Waals surface area contributed by atoms with Crippen molar-refractivity contribution in [1.82, 2.24) is 10.2 Å². The summed E-state index contributed by atoms with van der Waals surface area (Å²) < 4.78 is 0.978. The number of thioether (sulfide) groups is 1. The number of hydrogen-bond acceptors (Lipinski definition) is 6. The highest BCUT2D eigenvalue weighted by Gasteiger charge is 2.19. The molecule has 0 radical (unpaired) electrons. The van der Waals surface area contributed by atoms with E-state index in [1.165, 1.54) is 4.88 Å². The minimum absolute atomic E-state index is 0.109. The number of hydrogen-bond donors (Lipinski definition) is 1. The van der Waals surface area contributed by atoms with Crippen molar-refractivity contribution < 1.29 is 0 Å².